The number of benzene rings is 1. The average Bonchev–Trinajstić information content (AvgIpc) is 2.19. The lowest BCUT2D eigenvalue weighted by Crippen LogP contribution is -2.00. The van der Waals surface area contributed by atoms with Crippen molar-refractivity contribution in [3.63, 3.8) is 0 Å². The third-order valence-electron chi connectivity index (χ3n) is 2.55. The fourth-order valence-corrected chi connectivity index (χ4v) is 1.72. The Hall–Kier alpha value is -0.690. The lowest BCUT2D eigenvalue weighted by molar-refractivity contribution is 0.307. The second kappa shape index (κ2) is 6.02. The van der Waals surface area contributed by atoms with Gasteiger partial charge in [0.15, 0.2) is 0 Å². The minimum atomic E-state index is 0.717. The van der Waals surface area contributed by atoms with Crippen LogP contribution in [-0.2, 0) is 0 Å². The summed E-state index contributed by atoms with van der Waals surface area (Å²) >= 11 is 5.61. The normalized spacial score (nSPS) is 10.4. The zero-order valence-corrected chi connectivity index (χ0v) is 10.5. The van der Waals surface area contributed by atoms with Crippen molar-refractivity contribution in [2.75, 3.05) is 12.5 Å². The molecule has 1 aromatic rings. The van der Waals surface area contributed by atoms with Crippen molar-refractivity contribution >= 4 is 11.6 Å². The molecular formula is C13H19ClO. The van der Waals surface area contributed by atoms with Crippen molar-refractivity contribution in [3.8, 4) is 5.75 Å². The van der Waals surface area contributed by atoms with Crippen molar-refractivity contribution in [2.24, 2.45) is 0 Å². The number of ether oxygens (including phenoxy) is 1. The summed E-state index contributed by atoms with van der Waals surface area (Å²) in [6.07, 6.45) is 2.04. The van der Waals surface area contributed by atoms with Crippen LogP contribution in [0.5, 0.6) is 5.75 Å². The van der Waals surface area contributed by atoms with Gasteiger partial charge in [0, 0.05) is 5.88 Å². The Morgan fingerprint density at radius 1 is 1.13 bits per heavy atom. The van der Waals surface area contributed by atoms with Gasteiger partial charge in [-0.15, -0.1) is 11.6 Å². The van der Waals surface area contributed by atoms with Gasteiger partial charge in [-0.3, -0.25) is 0 Å². The molecule has 0 bridgehead atoms. The second-order valence-corrected chi connectivity index (χ2v) is 4.33. The SMILES string of the molecule is Cc1cc(C)c(C)c(OCCCCCl)c1. The molecule has 0 fully saturated rings. The molecule has 0 saturated carbocycles. The molecule has 2 heteroatoms. The van der Waals surface area contributed by atoms with Gasteiger partial charge in [0.25, 0.3) is 0 Å². The van der Waals surface area contributed by atoms with Gasteiger partial charge in [0.05, 0.1) is 6.61 Å². The molecule has 0 aliphatic heterocycles. The van der Waals surface area contributed by atoms with Crippen LogP contribution in [0, 0.1) is 20.8 Å². The molecule has 84 valence electrons. The molecule has 0 atom stereocenters. The van der Waals surface area contributed by atoms with Crippen molar-refractivity contribution < 1.29 is 4.74 Å². The van der Waals surface area contributed by atoms with Crippen molar-refractivity contribution in [3.05, 3.63) is 28.8 Å². The molecule has 1 nitrogen and oxygen atoms in total. The Morgan fingerprint density at radius 2 is 1.87 bits per heavy atom. The van der Waals surface area contributed by atoms with Gasteiger partial charge in [-0.25, -0.2) is 0 Å². The van der Waals surface area contributed by atoms with E-state index in [2.05, 4.69) is 32.9 Å². The monoisotopic (exact) mass is 226 g/mol. The van der Waals surface area contributed by atoms with Crippen LogP contribution in [0.15, 0.2) is 12.1 Å². The Morgan fingerprint density at radius 3 is 2.53 bits per heavy atom. The molecule has 0 heterocycles. The fraction of sp³-hybridized carbons (Fsp3) is 0.538. The summed E-state index contributed by atoms with van der Waals surface area (Å²) in [6.45, 7) is 7.08. The number of halogens is 1. The van der Waals surface area contributed by atoms with Crippen LogP contribution in [0.4, 0.5) is 0 Å². The molecule has 0 unspecified atom stereocenters. The quantitative estimate of drug-likeness (QED) is 0.545. The molecule has 0 spiro atoms. The van der Waals surface area contributed by atoms with Crippen molar-refractivity contribution in [1.82, 2.24) is 0 Å². The van der Waals surface area contributed by atoms with E-state index in [4.69, 9.17) is 16.3 Å². The molecule has 0 N–H and O–H groups in total. The van der Waals surface area contributed by atoms with Gasteiger partial charge >= 0.3 is 0 Å². The first-order chi connectivity index (χ1) is 7.15. The molecule has 0 radical (unpaired) electrons. The molecule has 1 rings (SSSR count). The molecule has 15 heavy (non-hydrogen) atoms. The maximum Gasteiger partial charge on any atom is 0.122 e. The summed E-state index contributed by atoms with van der Waals surface area (Å²) in [5.74, 6) is 1.73. The highest BCUT2D eigenvalue weighted by Gasteiger charge is 2.03. The number of rotatable bonds is 5. The average molecular weight is 227 g/mol. The van der Waals surface area contributed by atoms with Crippen LogP contribution < -0.4 is 4.74 Å². The first-order valence-corrected chi connectivity index (χ1v) is 5.95. The molecule has 0 aliphatic rings. The lowest BCUT2D eigenvalue weighted by Gasteiger charge is -2.11. The van der Waals surface area contributed by atoms with E-state index < -0.39 is 0 Å². The highest BCUT2D eigenvalue weighted by Crippen LogP contribution is 2.23. The minimum Gasteiger partial charge on any atom is -0.493 e. The van der Waals surface area contributed by atoms with Gasteiger partial charge in [0.1, 0.15) is 5.75 Å². The number of hydrogen-bond donors (Lipinski definition) is 0. The van der Waals surface area contributed by atoms with Crippen LogP contribution in [0.1, 0.15) is 29.5 Å². The number of unbranched alkanes of at least 4 members (excludes halogenated alkanes) is 1. The van der Waals surface area contributed by atoms with Crippen molar-refractivity contribution in [2.45, 2.75) is 33.6 Å². The molecular weight excluding hydrogens is 208 g/mol. The summed E-state index contributed by atoms with van der Waals surface area (Å²) in [5, 5.41) is 0. The standard InChI is InChI=1S/C13H19ClO/c1-10-8-11(2)12(3)13(9-10)15-7-5-4-6-14/h8-9H,4-7H2,1-3H3. The Kier molecular flexibility index (Phi) is 4.97. The largest absolute Gasteiger partial charge is 0.493 e. The number of aryl methyl sites for hydroxylation is 2. The van der Waals surface area contributed by atoms with Gasteiger partial charge in [-0.2, -0.15) is 0 Å². The zero-order valence-electron chi connectivity index (χ0n) is 9.77. The summed E-state index contributed by atoms with van der Waals surface area (Å²) in [6, 6.07) is 4.28. The van der Waals surface area contributed by atoms with Crippen LogP contribution in [0.25, 0.3) is 0 Å². The van der Waals surface area contributed by atoms with E-state index in [1.165, 1.54) is 16.7 Å². The van der Waals surface area contributed by atoms with Gasteiger partial charge in [-0.1, -0.05) is 6.07 Å². The van der Waals surface area contributed by atoms with E-state index in [1.54, 1.807) is 0 Å². The molecule has 0 aliphatic carbocycles. The Balaban J connectivity index is 2.60. The summed E-state index contributed by atoms with van der Waals surface area (Å²) in [4.78, 5) is 0. The lowest BCUT2D eigenvalue weighted by atomic mass is 10.1. The molecule has 0 saturated heterocycles. The molecule has 0 aromatic heterocycles. The third-order valence-corrected chi connectivity index (χ3v) is 2.82. The molecule has 0 amide bonds. The third kappa shape index (κ3) is 3.75. The first kappa shape index (κ1) is 12.4. The van der Waals surface area contributed by atoms with Gasteiger partial charge in [0.2, 0.25) is 0 Å². The summed E-state index contributed by atoms with van der Waals surface area (Å²) < 4.78 is 5.74. The van der Waals surface area contributed by atoms with E-state index in [-0.39, 0.29) is 0 Å². The molecule has 1 aromatic carbocycles. The van der Waals surface area contributed by atoms with Crippen LogP contribution in [0.3, 0.4) is 0 Å². The predicted molar refractivity (Wildman–Crippen MR) is 66.1 cm³/mol. The van der Waals surface area contributed by atoms with Crippen molar-refractivity contribution in [1.29, 1.82) is 0 Å². The number of alkyl halides is 1. The van der Waals surface area contributed by atoms with Crippen LogP contribution in [-0.4, -0.2) is 12.5 Å². The van der Waals surface area contributed by atoms with Crippen LogP contribution >= 0.6 is 11.6 Å². The zero-order chi connectivity index (χ0) is 11.3. The highest BCUT2D eigenvalue weighted by molar-refractivity contribution is 6.17. The van der Waals surface area contributed by atoms with E-state index in [0.717, 1.165) is 31.1 Å². The first-order valence-electron chi connectivity index (χ1n) is 5.41. The maximum atomic E-state index is 5.74. The minimum absolute atomic E-state index is 0.717. The van der Waals surface area contributed by atoms with E-state index in [9.17, 15) is 0 Å². The Labute approximate surface area is 97.4 Å². The van der Waals surface area contributed by atoms with E-state index >= 15 is 0 Å². The Bertz CT molecular complexity index is 321. The van der Waals surface area contributed by atoms with Crippen LogP contribution in [0.2, 0.25) is 0 Å². The van der Waals surface area contributed by atoms with E-state index in [0.29, 0.717) is 0 Å². The highest BCUT2D eigenvalue weighted by atomic mass is 35.5. The fourth-order valence-electron chi connectivity index (χ4n) is 1.53. The van der Waals surface area contributed by atoms with E-state index in [1.807, 2.05) is 0 Å². The smallest absolute Gasteiger partial charge is 0.122 e. The number of hydrogen-bond acceptors (Lipinski definition) is 1. The topological polar surface area (TPSA) is 9.23 Å². The summed E-state index contributed by atoms with van der Waals surface area (Å²) in [5.41, 5.74) is 3.79. The van der Waals surface area contributed by atoms with Gasteiger partial charge < -0.3 is 4.74 Å². The second-order valence-electron chi connectivity index (χ2n) is 3.95. The summed E-state index contributed by atoms with van der Waals surface area (Å²) in [7, 11) is 0. The maximum absolute atomic E-state index is 5.74. The predicted octanol–water partition coefficient (Wildman–Crippen LogP) is 4.01. The van der Waals surface area contributed by atoms with Gasteiger partial charge in [-0.05, 0) is 56.4 Å².